The molecule has 3 rings (SSSR count). The van der Waals surface area contributed by atoms with Crippen LogP contribution in [0.5, 0.6) is 5.75 Å². The van der Waals surface area contributed by atoms with Crippen LogP contribution in [-0.2, 0) is 38.3 Å². The van der Waals surface area contributed by atoms with E-state index in [1.807, 2.05) is 6.07 Å². The van der Waals surface area contributed by atoms with Crippen LogP contribution in [0.1, 0.15) is 69.7 Å². The Kier molecular flexibility index (Phi) is 13.0. The SMILES string of the molecule is CCOC(=O)CCc1ccc(C#N)c(OC[C@@H](CNC(C)(C)CC2Cc3ccccc3C2)OC(=O)C(C)C)c1.Cl. The average Bonchev–Trinajstić information content (AvgIpc) is 3.30. The Morgan fingerprint density at radius 3 is 2.40 bits per heavy atom. The third-order valence-electron chi connectivity index (χ3n) is 7.01. The minimum atomic E-state index is -0.533. The third kappa shape index (κ3) is 10.1. The first-order valence-corrected chi connectivity index (χ1v) is 13.9. The average molecular weight is 571 g/mol. The highest BCUT2D eigenvalue weighted by atomic mass is 35.5. The third-order valence-corrected chi connectivity index (χ3v) is 7.01. The summed E-state index contributed by atoms with van der Waals surface area (Å²) >= 11 is 0. The number of halogens is 1. The number of benzene rings is 2. The molecule has 218 valence electrons. The standard InChI is InChI=1S/C32H42N2O5.ClH/c1-6-37-30(35)14-12-23-11-13-27(19-33)29(17-23)38-21-28(39-31(36)22(2)3)20-34-32(4,5)18-24-15-25-9-7-8-10-26(25)16-24;/h7-11,13,17,22,24,28,34H,6,12,14-16,18,20-21H2,1-5H3;1H/t28-;/m1./s1. The highest BCUT2D eigenvalue weighted by molar-refractivity contribution is 5.85. The fraction of sp³-hybridized carbons (Fsp3) is 0.531. The molecule has 0 bridgehead atoms. The van der Waals surface area contributed by atoms with Gasteiger partial charge in [-0.2, -0.15) is 5.26 Å². The number of nitrogens with one attached hydrogen (secondary N) is 1. The summed E-state index contributed by atoms with van der Waals surface area (Å²) in [5.74, 6) is 0.150. The number of aryl methyl sites for hydroxylation is 1. The lowest BCUT2D eigenvalue weighted by Gasteiger charge is -2.31. The van der Waals surface area contributed by atoms with Crippen LogP contribution in [0.25, 0.3) is 0 Å². The number of hydrogen-bond donors (Lipinski definition) is 1. The molecule has 0 aromatic heterocycles. The molecule has 0 spiro atoms. The lowest BCUT2D eigenvalue weighted by molar-refractivity contribution is -0.154. The van der Waals surface area contributed by atoms with Gasteiger partial charge in [0.2, 0.25) is 0 Å². The number of ether oxygens (including phenoxy) is 3. The smallest absolute Gasteiger partial charge is 0.308 e. The molecule has 0 radical (unpaired) electrons. The van der Waals surface area contributed by atoms with Crippen molar-refractivity contribution in [2.75, 3.05) is 19.8 Å². The number of esters is 2. The van der Waals surface area contributed by atoms with Crippen molar-refractivity contribution >= 4 is 24.3 Å². The van der Waals surface area contributed by atoms with Crippen molar-refractivity contribution in [2.45, 2.75) is 78.4 Å². The molecule has 0 fully saturated rings. The van der Waals surface area contributed by atoms with Crippen LogP contribution in [-0.4, -0.2) is 43.3 Å². The molecule has 0 aliphatic heterocycles. The number of hydrogen-bond acceptors (Lipinski definition) is 7. The zero-order chi connectivity index (χ0) is 28.4. The van der Waals surface area contributed by atoms with Crippen LogP contribution in [0.4, 0.5) is 0 Å². The zero-order valence-electron chi connectivity index (χ0n) is 24.3. The lowest BCUT2D eigenvalue weighted by atomic mass is 9.88. The summed E-state index contributed by atoms with van der Waals surface area (Å²) in [7, 11) is 0. The van der Waals surface area contributed by atoms with Crippen LogP contribution in [0, 0.1) is 23.2 Å². The maximum atomic E-state index is 12.5. The van der Waals surface area contributed by atoms with Gasteiger partial charge in [0.1, 0.15) is 24.5 Å². The Morgan fingerprint density at radius 2 is 1.80 bits per heavy atom. The Labute approximate surface area is 245 Å². The fourth-order valence-electron chi connectivity index (χ4n) is 5.01. The summed E-state index contributed by atoms with van der Waals surface area (Å²) in [6.07, 6.45) is 3.36. The molecule has 1 N–H and O–H groups in total. The summed E-state index contributed by atoms with van der Waals surface area (Å²) in [5, 5.41) is 13.2. The van der Waals surface area contributed by atoms with Gasteiger partial charge in [-0.15, -0.1) is 12.4 Å². The van der Waals surface area contributed by atoms with Crippen molar-refractivity contribution in [3.8, 4) is 11.8 Å². The molecule has 7 nitrogen and oxygen atoms in total. The molecule has 8 heteroatoms. The van der Waals surface area contributed by atoms with E-state index in [9.17, 15) is 14.9 Å². The molecule has 1 aliphatic rings. The fourth-order valence-corrected chi connectivity index (χ4v) is 5.01. The molecule has 0 saturated heterocycles. The molecule has 1 atom stereocenters. The van der Waals surface area contributed by atoms with Crippen molar-refractivity contribution < 1.29 is 23.8 Å². The van der Waals surface area contributed by atoms with Gasteiger partial charge in [-0.05, 0) is 81.2 Å². The molecular weight excluding hydrogens is 528 g/mol. The molecule has 2 aromatic rings. The van der Waals surface area contributed by atoms with E-state index in [2.05, 4.69) is 49.5 Å². The minimum Gasteiger partial charge on any atom is -0.488 e. The van der Waals surface area contributed by atoms with Gasteiger partial charge >= 0.3 is 11.9 Å². The molecular formula is C32H43ClN2O5. The van der Waals surface area contributed by atoms with Crippen molar-refractivity contribution in [1.29, 1.82) is 5.26 Å². The number of fused-ring (bicyclic) bond motifs is 1. The van der Waals surface area contributed by atoms with Gasteiger partial charge in [0, 0.05) is 18.5 Å². The van der Waals surface area contributed by atoms with E-state index in [0.717, 1.165) is 24.8 Å². The van der Waals surface area contributed by atoms with Gasteiger partial charge < -0.3 is 19.5 Å². The Bertz CT molecular complexity index is 1150. The van der Waals surface area contributed by atoms with Crippen molar-refractivity contribution in [2.24, 2.45) is 11.8 Å². The minimum absolute atomic E-state index is 0. The summed E-state index contributed by atoms with van der Waals surface area (Å²) < 4.78 is 16.8. The predicted octanol–water partition coefficient (Wildman–Crippen LogP) is 5.60. The summed E-state index contributed by atoms with van der Waals surface area (Å²) in [6, 6.07) is 16.1. The summed E-state index contributed by atoms with van der Waals surface area (Å²) in [4.78, 5) is 24.2. The Morgan fingerprint density at radius 1 is 1.12 bits per heavy atom. The van der Waals surface area contributed by atoms with Gasteiger partial charge in [0.05, 0.1) is 18.1 Å². The quantitative estimate of drug-likeness (QED) is 0.295. The van der Waals surface area contributed by atoms with Crippen LogP contribution in [0.15, 0.2) is 42.5 Å². The summed E-state index contributed by atoms with van der Waals surface area (Å²) in [6.45, 7) is 10.6. The summed E-state index contributed by atoms with van der Waals surface area (Å²) in [5.41, 5.74) is 3.96. The van der Waals surface area contributed by atoms with Crippen LogP contribution in [0.3, 0.4) is 0 Å². The first-order valence-electron chi connectivity index (χ1n) is 13.9. The van der Waals surface area contributed by atoms with E-state index in [1.54, 1.807) is 32.9 Å². The first-order chi connectivity index (χ1) is 18.6. The molecule has 0 amide bonds. The second-order valence-electron chi connectivity index (χ2n) is 11.3. The monoisotopic (exact) mass is 570 g/mol. The second kappa shape index (κ2) is 15.6. The maximum Gasteiger partial charge on any atom is 0.308 e. The molecule has 1 aliphatic carbocycles. The molecule has 0 saturated carbocycles. The number of rotatable bonds is 14. The molecule has 0 heterocycles. The highest BCUT2D eigenvalue weighted by Gasteiger charge is 2.29. The maximum absolute atomic E-state index is 12.5. The molecule has 2 aromatic carbocycles. The van der Waals surface area contributed by atoms with Crippen molar-refractivity contribution in [3.05, 3.63) is 64.7 Å². The topological polar surface area (TPSA) is 97.7 Å². The van der Waals surface area contributed by atoms with Crippen LogP contribution >= 0.6 is 12.4 Å². The van der Waals surface area contributed by atoms with E-state index < -0.39 is 6.10 Å². The van der Waals surface area contributed by atoms with Crippen LogP contribution in [0.2, 0.25) is 0 Å². The molecule has 0 unspecified atom stereocenters. The number of carbonyl (C=O) groups excluding carboxylic acids is 2. The van der Waals surface area contributed by atoms with E-state index >= 15 is 0 Å². The first kappa shape index (κ1) is 33.1. The number of nitrogens with zero attached hydrogens (tertiary/aromatic N) is 1. The van der Waals surface area contributed by atoms with Crippen LogP contribution < -0.4 is 10.1 Å². The second-order valence-corrected chi connectivity index (χ2v) is 11.3. The predicted molar refractivity (Wildman–Crippen MR) is 158 cm³/mol. The molecule has 40 heavy (non-hydrogen) atoms. The van der Waals surface area contributed by atoms with Crippen molar-refractivity contribution in [3.63, 3.8) is 0 Å². The highest BCUT2D eigenvalue weighted by Crippen LogP contribution is 2.32. The zero-order valence-corrected chi connectivity index (χ0v) is 25.1. The Hall–Kier alpha value is -3.08. The van der Waals surface area contributed by atoms with E-state index in [4.69, 9.17) is 14.2 Å². The van der Waals surface area contributed by atoms with Crippen molar-refractivity contribution in [1.82, 2.24) is 5.32 Å². The number of nitriles is 1. The largest absolute Gasteiger partial charge is 0.488 e. The van der Waals surface area contributed by atoms with E-state index in [0.29, 0.717) is 36.8 Å². The van der Waals surface area contributed by atoms with E-state index in [-0.39, 0.29) is 48.8 Å². The van der Waals surface area contributed by atoms with Gasteiger partial charge in [0.15, 0.2) is 0 Å². The normalized spacial score (nSPS) is 13.6. The van der Waals surface area contributed by atoms with Gasteiger partial charge in [0.25, 0.3) is 0 Å². The lowest BCUT2D eigenvalue weighted by Crippen LogP contribution is -2.47. The number of carbonyl (C=O) groups is 2. The van der Waals surface area contributed by atoms with Gasteiger partial charge in [-0.3, -0.25) is 9.59 Å². The Balaban J connectivity index is 0.00000560. The van der Waals surface area contributed by atoms with E-state index in [1.165, 1.54) is 11.1 Å². The van der Waals surface area contributed by atoms with Gasteiger partial charge in [-0.1, -0.05) is 44.2 Å². The van der Waals surface area contributed by atoms with Gasteiger partial charge in [-0.25, -0.2) is 0 Å².